The van der Waals surface area contributed by atoms with E-state index in [0.29, 0.717) is 0 Å². The van der Waals surface area contributed by atoms with E-state index in [1.807, 2.05) is 0 Å². The van der Waals surface area contributed by atoms with E-state index in [1.54, 1.807) is 7.05 Å². The van der Waals surface area contributed by atoms with Crippen LogP contribution in [0.1, 0.15) is 10.4 Å². The fourth-order valence-electron chi connectivity index (χ4n) is 0.989. The third-order valence-electron chi connectivity index (χ3n) is 1.68. The number of phenols is 1. The smallest absolute Gasteiger partial charge is 0.176 e. The van der Waals surface area contributed by atoms with Crippen molar-refractivity contribution in [1.82, 2.24) is 5.32 Å². The molecule has 0 atom stereocenters. The molecule has 0 saturated carbocycles. The first kappa shape index (κ1) is 11.1. The van der Waals surface area contributed by atoms with E-state index >= 15 is 0 Å². The van der Waals surface area contributed by atoms with Crippen molar-refractivity contribution >= 4 is 21.7 Å². The summed E-state index contributed by atoms with van der Waals surface area (Å²) in [5.74, 6) is -1.52. The van der Waals surface area contributed by atoms with Crippen LogP contribution in [0.15, 0.2) is 16.6 Å². The number of Topliss-reactive ketones (excluding diaryl/α,β-unsaturated/α-hetero) is 1. The number of ketones is 1. The lowest BCUT2D eigenvalue weighted by Crippen LogP contribution is -2.18. The molecule has 0 bridgehead atoms. The van der Waals surface area contributed by atoms with Crippen LogP contribution in [0.3, 0.4) is 0 Å². The number of aromatic hydroxyl groups is 1. The van der Waals surface area contributed by atoms with E-state index in [1.165, 1.54) is 6.07 Å². The number of hydrogen-bond acceptors (Lipinski definition) is 3. The molecule has 2 N–H and O–H groups in total. The van der Waals surface area contributed by atoms with Gasteiger partial charge in [-0.1, -0.05) is 0 Å². The first-order valence-electron chi connectivity index (χ1n) is 3.92. The van der Waals surface area contributed by atoms with Gasteiger partial charge in [-0.2, -0.15) is 0 Å². The maximum absolute atomic E-state index is 13.0. The molecule has 0 aromatic heterocycles. The van der Waals surface area contributed by atoms with Gasteiger partial charge in [-0.05, 0) is 35.1 Å². The van der Waals surface area contributed by atoms with Crippen molar-refractivity contribution < 1.29 is 14.3 Å². The fraction of sp³-hybridized carbons (Fsp3) is 0.222. The molecule has 0 heterocycles. The minimum absolute atomic E-state index is 0.136. The quantitative estimate of drug-likeness (QED) is 0.815. The van der Waals surface area contributed by atoms with E-state index in [0.717, 1.165) is 6.07 Å². The van der Waals surface area contributed by atoms with Crippen molar-refractivity contribution in [2.75, 3.05) is 13.6 Å². The van der Waals surface area contributed by atoms with E-state index in [-0.39, 0.29) is 22.4 Å². The SMILES string of the molecule is CNCC(=O)c1cc(F)c(O)c(Br)c1. The number of hydrogen-bond donors (Lipinski definition) is 2. The van der Waals surface area contributed by atoms with Gasteiger partial charge in [0.15, 0.2) is 17.3 Å². The number of halogens is 2. The van der Waals surface area contributed by atoms with Crippen molar-refractivity contribution in [3.63, 3.8) is 0 Å². The Bertz CT molecular complexity index is 345. The molecule has 1 aromatic rings. The number of likely N-dealkylation sites (N-methyl/N-ethyl adjacent to an activating group) is 1. The highest BCUT2D eigenvalue weighted by Gasteiger charge is 2.12. The predicted molar refractivity (Wildman–Crippen MR) is 54.0 cm³/mol. The van der Waals surface area contributed by atoms with Gasteiger partial charge in [0.05, 0.1) is 11.0 Å². The number of benzene rings is 1. The van der Waals surface area contributed by atoms with E-state index in [2.05, 4.69) is 21.2 Å². The Balaban J connectivity index is 3.06. The third kappa shape index (κ3) is 2.30. The van der Waals surface area contributed by atoms with Gasteiger partial charge < -0.3 is 10.4 Å². The molecule has 0 aliphatic carbocycles. The Hall–Kier alpha value is -0.940. The Morgan fingerprint density at radius 1 is 1.64 bits per heavy atom. The van der Waals surface area contributed by atoms with Crippen LogP contribution in [0.4, 0.5) is 4.39 Å². The van der Waals surface area contributed by atoms with Crippen LogP contribution < -0.4 is 5.32 Å². The lowest BCUT2D eigenvalue weighted by molar-refractivity contribution is 0.0993. The monoisotopic (exact) mass is 261 g/mol. The second kappa shape index (κ2) is 4.52. The molecule has 0 aliphatic heterocycles. The molecular formula is C9H9BrFNO2. The summed E-state index contributed by atoms with van der Waals surface area (Å²) in [5, 5.41) is 11.8. The first-order chi connectivity index (χ1) is 6.56. The van der Waals surface area contributed by atoms with Crippen molar-refractivity contribution in [3.8, 4) is 5.75 Å². The molecule has 0 radical (unpaired) electrons. The lowest BCUT2D eigenvalue weighted by atomic mass is 10.1. The van der Waals surface area contributed by atoms with Gasteiger partial charge in [0, 0.05) is 5.56 Å². The Morgan fingerprint density at radius 3 is 2.79 bits per heavy atom. The van der Waals surface area contributed by atoms with Crippen molar-refractivity contribution in [3.05, 3.63) is 28.0 Å². The van der Waals surface area contributed by atoms with Crippen LogP contribution in [0.5, 0.6) is 5.75 Å². The molecule has 0 unspecified atom stereocenters. The Kier molecular flexibility index (Phi) is 3.60. The van der Waals surface area contributed by atoms with Gasteiger partial charge in [-0.15, -0.1) is 0 Å². The zero-order valence-electron chi connectivity index (χ0n) is 7.47. The van der Waals surface area contributed by atoms with Crippen molar-refractivity contribution in [2.45, 2.75) is 0 Å². The van der Waals surface area contributed by atoms with Crippen molar-refractivity contribution in [2.24, 2.45) is 0 Å². The van der Waals surface area contributed by atoms with Crippen molar-refractivity contribution in [1.29, 1.82) is 0 Å². The first-order valence-corrected chi connectivity index (χ1v) is 4.71. The molecule has 3 nitrogen and oxygen atoms in total. The second-order valence-electron chi connectivity index (χ2n) is 2.74. The summed E-state index contributed by atoms with van der Waals surface area (Å²) in [6.07, 6.45) is 0. The van der Waals surface area contributed by atoms with Crippen LogP contribution in [0, 0.1) is 5.82 Å². The van der Waals surface area contributed by atoms with Crippen LogP contribution in [0.2, 0.25) is 0 Å². The van der Waals surface area contributed by atoms with Crippen LogP contribution in [0.25, 0.3) is 0 Å². The number of phenolic OH excluding ortho intramolecular Hbond substituents is 1. The molecule has 0 fully saturated rings. The summed E-state index contributed by atoms with van der Waals surface area (Å²) in [6.45, 7) is 0.136. The maximum Gasteiger partial charge on any atom is 0.176 e. The maximum atomic E-state index is 13.0. The minimum atomic E-state index is -0.807. The summed E-state index contributed by atoms with van der Waals surface area (Å²) < 4.78 is 13.2. The molecule has 0 amide bonds. The highest BCUT2D eigenvalue weighted by Crippen LogP contribution is 2.28. The molecular weight excluding hydrogens is 253 g/mol. The predicted octanol–water partition coefficient (Wildman–Crippen LogP) is 1.70. The van der Waals surface area contributed by atoms with Crippen LogP contribution in [-0.4, -0.2) is 24.5 Å². The normalized spacial score (nSPS) is 10.2. The second-order valence-corrected chi connectivity index (χ2v) is 3.60. The average molecular weight is 262 g/mol. The molecule has 14 heavy (non-hydrogen) atoms. The molecule has 76 valence electrons. The summed E-state index contributed by atoms with van der Waals surface area (Å²) in [4.78, 5) is 11.3. The van der Waals surface area contributed by atoms with Gasteiger partial charge >= 0.3 is 0 Å². The van der Waals surface area contributed by atoms with E-state index in [9.17, 15) is 9.18 Å². The van der Waals surface area contributed by atoms with Gasteiger partial charge in [0.25, 0.3) is 0 Å². The molecule has 0 spiro atoms. The lowest BCUT2D eigenvalue weighted by Gasteiger charge is -2.03. The van der Waals surface area contributed by atoms with E-state index in [4.69, 9.17) is 5.11 Å². The highest BCUT2D eigenvalue weighted by molar-refractivity contribution is 9.10. The van der Waals surface area contributed by atoms with Gasteiger partial charge in [-0.25, -0.2) is 4.39 Å². The summed E-state index contributed by atoms with van der Waals surface area (Å²) in [6, 6.07) is 2.40. The van der Waals surface area contributed by atoms with Gasteiger partial charge in [-0.3, -0.25) is 4.79 Å². The summed E-state index contributed by atoms with van der Waals surface area (Å²) in [5.41, 5.74) is 0.224. The minimum Gasteiger partial charge on any atom is -0.504 e. The zero-order chi connectivity index (χ0) is 10.7. The van der Waals surface area contributed by atoms with Crippen LogP contribution in [-0.2, 0) is 0 Å². The summed E-state index contributed by atoms with van der Waals surface area (Å²) >= 11 is 2.95. The standard InChI is InChI=1S/C9H9BrFNO2/c1-12-4-8(13)5-2-6(10)9(14)7(11)3-5/h2-3,12,14H,4H2,1H3. The topological polar surface area (TPSA) is 49.3 Å². The fourth-order valence-corrected chi connectivity index (χ4v) is 1.43. The van der Waals surface area contributed by atoms with Gasteiger partial charge in [0.1, 0.15) is 0 Å². The average Bonchev–Trinajstić information content (AvgIpc) is 2.13. The Labute approximate surface area is 89.1 Å². The zero-order valence-corrected chi connectivity index (χ0v) is 9.06. The number of nitrogens with one attached hydrogen (secondary N) is 1. The largest absolute Gasteiger partial charge is 0.504 e. The number of rotatable bonds is 3. The molecule has 1 rings (SSSR count). The molecule has 1 aromatic carbocycles. The number of carbonyl (C=O) groups excluding carboxylic acids is 1. The number of carbonyl (C=O) groups is 1. The highest BCUT2D eigenvalue weighted by atomic mass is 79.9. The van der Waals surface area contributed by atoms with Crippen LogP contribution >= 0.6 is 15.9 Å². The van der Waals surface area contributed by atoms with E-state index < -0.39 is 11.6 Å². The molecule has 0 saturated heterocycles. The van der Waals surface area contributed by atoms with Gasteiger partial charge in [0.2, 0.25) is 0 Å². The summed E-state index contributed by atoms with van der Waals surface area (Å²) in [7, 11) is 1.63. The molecule has 5 heteroatoms. The molecule has 0 aliphatic rings. The third-order valence-corrected chi connectivity index (χ3v) is 2.28. The Morgan fingerprint density at radius 2 is 2.29 bits per heavy atom.